The fraction of sp³-hybridized carbons (Fsp3) is 0.318. The van der Waals surface area contributed by atoms with Crippen molar-refractivity contribution in [1.29, 1.82) is 0 Å². The highest BCUT2D eigenvalue weighted by molar-refractivity contribution is 5.89. The Morgan fingerprint density at radius 3 is 2.66 bits per heavy atom. The van der Waals surface area contributed by atoms with Crippen molar-refractivity contribution in [2.75, 3.05) is 18.0 Å². The van der Waals surface area contributed by atoms with Gasteiger partial charge in [-0.15, -0.1) is 0 Å². The van der Waals surface area contributed by atoms with Crippen LogP contribution in [-0.2, 0) is 7.05 Å². The van der Waals surface area contributed by atoms with Crippen LogP contribution in [0.4, 0.5) is 5.69 Å². The van der Waals surface area contributed by atoms with Crippen molar-refractivity contribution in [3.63, 3.8) is 0 Å². The SMILES string of the molecule is C[C@@H]1CN(c2cnc3nc(-c4cc5cn(C)nc5cc4O)ccc3c2)C[C@@H](C)N1. The highest BCUT2D eigenvalue weighted by Gasteiger charge is 2.21. The molecule has 4 heterocycles. The van der Waals surface area contributed by atoms with Crippen molar-refractivity contribution in [2.45, 2.75) is 25.9 Å². The maximum absolute atomic E-state index is 10.5. The summed E-state index contributed by atoms with van der Waals surface area (Å²) >= 11 is 0. The largest absolute Gasteiger partial charge is 0.507 e. The van der Waals surface area contributed by atoms with Gasteiger partial charge in [-0.25, -0.2) is 9.97 Å². The molecule has 5 rings (SSSR count). The van der Waals surface area contributed by atoms with E-state index in [1.165, 1.54) is 0 Å². The Labute approximate surface area is 169 Å². The number of hydrogen-bond donors (Lipinski definition) is 2. The van der Waals surface area contributed by atoms with Gasteiger partial charge in [-0.2, -0.15) is 5.10 Å². The third kappa shape index (κ3) is 3.27. The van der Waals surface area contributed by atoms with Crippen molar-refractivity contribution < 1.29 is 5.11 Å². The molecule has 7 nitrogen and oxygen atoms in total. The summed E-state index contributed by atoms with van der Waals surface area (Å²) in [6.07, 6.45) is 3.83. The molecule has 1 saturated heterocycles. The lowest BCUT2D eigenvalue weighted by molar-refractivity contribution is 0.407. The predicted octanol–water partition coefficient (Wildman–Crippen LogP) is 3.08. The first-order valence-corrected chi connectivity index (χ1v) is 9.91. The molecule has 1 aliphatic heterocycles. The molecule has 0 bridgehead atoms. The van der Waals surface area contributed by atoms with Gasteiger partial charge in [0.15, 0.2) is 5.65 Å². The summed E-state index contributed by atoms with van der Waals surface area (Å²) < 4.78 is 1.74. The van der Waals surface area contributed by atoms with E-state index in [1.54, 1.807) is 10.7 Å². The molecule has 0 amide bonds. The Kier molecular flexibility index (Phi) is 4.13. The van der Waals surface area contributed by atoms with Gasteiger partial charge in [0.05, 0.1) is 23.1 Å². The number of pyridine rings is 2. The van der Waals surface area contributed by atoms with Crippen LogP contribution in [-0.4, -0.2) is 50.0 Å². The van der Waals surface area contributed by atoms with Crippen molar-refractivity contribution in [3.8, 4) is 17.0 Å². The van der Waals surface area contributed by atoms with Crippen LogP contribution in [0.1, 0.15) is 13.8 Å². The number of nitrogens with zero attached hydrogens (tertiary/aromatic N) is 5. The van der Waals surface area contributed by atoms with E-state index in [4.69, 9.17) is 4.98 Å². The second-order valence-electron chi connectivity index (χ2n) is 8.04. The Morgan fingerprint density at radius 1 is 1.07 bits per heavy atom. The number of anilines is 1. The number of aryl methyl sites for hydroxylation is 1. The van der Waals surface area contributed by atoms with E-state index in [1.807, 2.05) is 37.6 Å². The van der Waals surface area contributed by atoms with Crippen molar-refractivity contribution in [3.05, 3.63) is 42.7 Å². The molecule has 0 unspecified atom stereocenters. The number of aromatic hydroxyl groups is 1. The summed E-state index contributed by atoms with van der Waals surface area (Å²) in [5.41, 5.74) is 3.94. The molecule has 0 spiro atoms. The van der Waals surface area contributed by atoms with Gasteiger partial charge in [0.1, 0.15) is 5.75 Å². The zero-order chi connectivity index (χ0) is 20.1. The lowest BCUT2D eigenvalue weighted by Gasteiger charge is -2.37. The first-order chi connectivity index (χ1) is 14.0. The zero-order valence-corrected chi connectivity index (χ0v) is 16.8. The summed E-state index contributed by atoms with van der Waals surface area (Å²) in [5, 5.41) is 20.3. The molecule has 4 aromatic rings. The van der Waals surface area contributed by atoms with E-state index in [2.05, 4.69) is 40.2 Å². The Hall–Kier alpha value is -3.19. The first kappa shape index (κ1) is 17.9. The average molecular weight is 388 g/mol. The summed E-state index contributed by atoms with van der Waals surface area (Å²) in [6.45, 7) is 6.33. The minimum absolute atomic E-state index is 0.170. The molecule has 7 heteroatoms. The Balaban J connectivity index is 1.52. The van der Waals surface area contributed by atoms with Gasteiger partial charge in [0.2, 0.25) is 0 Å². The van der Waals surface area contributed by atoms with Crippen molar-refractivity contribution in [1.82, 2.24) is 25.1 Å². The minimum Gasteiger partial charge on any atom is -0.507 e. The molecular formula is C22H24N6O. The fourth-order valence-corrected chi connectivity index (χ4v) is 4.25. The molecule has 0 saturated carbocycles. The number of fused-ring (bicyclic) bond motifs is 2. The number of phenols is 1. The minimum atomic E-state index is 0.170. The number of piperazine rings is 1. The second-order valence-corrected chi connectivity index (χ2v) is 8.04. The maximum Gasteiger partial charge on any atom is 0.159 e. The summed E-state index contributed by atoms with van der Waals surface area (Å²) in [5.74, 6) is 0.170. The molecule has 3 aromatic heterocycles. The molecule has 1 aliphatic rings. The maximum atomic E-state index is 10.5. The van der Waals surface area contributed by atoms with Crippen LogP contribution in [0.15, 0.2) is 42.7 Å². The summed E-state index contributed by atoms with van der Waals surface area (Å²) in [4.78, 5) is 11.7. The summed E-state index contributed by atoms with van der Waals surface area (Å²) in [7, 11) is 1.87. The number of nitrogens with one attached hydrogen (secondary N) is 1. The monoisotopic (exact) mass is 388 g/mol. The predicted molar refractivity (Wildman–Crippen MR) is 115 cm³/mol. The van der Waals surface area contributed by atoms with Gasteiger partial charge >= 0.3 is 0 Å². The van der Waals surface area contributed by atoms with Crippen LogP contribution in [0.25, 0.3) is 33.2 Å². The number of benzene rings is 1. The lowest BCUT2D eigenvalue weighted by Crippen LogP contribution is -2.54. The number of rotatable bonds is 2. The van der Waals surface area contributed by atoms with Gasteiger partial charge in [0, 0.05) is 60.8 Å². The third-order valence-corrected chi connectivity index (χ3v) is 5.46. The van der Waals surface area contributed by atoms with E-state index < -0.39 is 0 Å². The molecule has 0 aliphatic carbocycles. The van der Waals surface area contributed by atoms with Crippen molar-refractivity contribution >= 4 is 27.6 Å². The quantitative estimate of drug-likeness (QED) is 0.549. The normalized spacial score (nSPS) is 19.9. The van der Waals surface area contributed by atoms with E-state index in [0.29, 0.717) is 29.0 Å². The molecule has 148 valence electrons. The number of hydrogen-bond acceptors (Lipinski definition) is 6. The van der Waals surface area contributed by atoms with E-state index in [-0.39, 0.29) is 5.75 Å². The molecule has 2 N–H and O–H groups in total. The molecule has 1 aromatic carbocycles. The smallest absolute Gasteiger partial charge is 0.159 e. The van der Waals surface area contributed by atoms with Crippen LogP contribution in [0.5, 0.6) is 5.75 Å². The highest BCUT2D eigenvalue weighted by atomic mass is 16.3. The number of aromatic nitrogens is 4. The van der Waals surface area contributed by atoms with Gasteiger partial charge in [0.25, 0.3) is 0 Å². The van der Waals surface area contributed by atoms with Gasteiger partial charge in [-0.1, -0.05) is 0 Å². The topological polar surface area (TPSA) is 79.1 Å². The van der Waals surface area contributed by atoms with Crippen LogP contribution in [0.2, 0.25) is 0 Å². The standard InChI is InChI=1S/C22H24N6O/c1-13-10-28(11-14(2)24-13)17-6-15-4-5-19(25-22(15)23-9-17)18-7-16-12-27(3)26-20(16)8-21(18)29/h4-9,12-14,24,29H,10-11H2,1-3H3/t13-,14-/m1/s1. The third-order valence-electron chi connectivity index (χ3n) is 5.46. The lowest BCUT2D eigenvalue weighted by atomic mass is 10.1. The Morgan fingerprint density at radius 2 is 1.86 bits per heavy atom. The average Bonchev–Trinajstić information content (AvgIpc) is 3.04. The second kappa shape index (κ2) is 6.70. The van der Waals surface area contributed by atoms with Crippen LogP contribution in [0.3, 0.4) is 0 Å². The van der Waals surface area contributed by atoms with Crippen LogP contribution in [0, 0.1) is 0 Å². The first-order valence-electron chi connectivity index (χ1n) is 9.91. The molecule has 0 radical (unpaired) electrons. The molecule has 2 atom stereocenters. The number of phenolic OH excluding ortho intramolecular Hbond substituents is 1. The van der Waals surface area contributed by atoms with E-state index in [9.17, 15) is 5.11 Å². The molecule has 29 heavy (non-hydrogen) atoms. The van der Waals surface area contributed by atoms with E-state index >= 15 is 0 Å². The van der Waals surface area contributed by atoms with Gasteiger partial charge in [-0.05, 0) is 38.1 Å². The molecular weight excluding hydrogens is 364 g/mol. The van der Waals surface area contributed by atoms with Crippen LogP contribution >= 0.6 is 0 Å². The highest BCUT2D eigenvalue weighted by Crippen LogP contribution is 2.33. The fourth-order valence-electron chi connectivity index (χ4n) is 4.25. The zero-order valence-electron chi connectivity index (χ0n) is 16.8. The Bertz CT molecular complexity index is 1210. The van der Waals surface area contributed by atoms with E-state index in [0.717, 1.165) is 35.1 Å². The van der Waals surface area contributed by atoms with Crippen molar-refractivity contribution in [2.24, 2.45) is 7.05 Å². The van der Waals surface area contributed by atoms with Gasteiger partial charge < -0.3 is 15.3 Å². The molecule has 1 fully saturated rings. The van der Waals surface area contributed by atoms with Crippen LogP contribution < -0.4 is 10.2 Å². The summed E-state index contributed by atoms with van der Waals surface area (Å²) in [6, 6.07) is 10.6. The van der Waals surface area contributed by atoms with Gasteiger partial charge in [-0.3, -0.25) is 4.68 Å².